The topological polar surface area (TPSA) is 38.5 Å². The van der Waals surface area contributed by atoms with E-state index in [1.54, 1.807) is 7.11 Å². The van der Waals surface area contributed by atoms with Crippen LogP contribution in [0, 0.1) is 0 Å². The zero-order chi connectivity index (χ0) is 11.4. The summed E-state index contributed by atoms with van der Waals surface area (Å²) in [7, 11) is 5.77. The van der Waals surface area contributed by atoms with Crippen molar-refractivity contribution < 1.29 is 4.74 Å². The van der Waals surface area contributed by atoms with Crippen LogP contribution in [0.15, 0.2) is 18.2 Å². The second kappa shape index (κ2) is 5.14. The van der Waals surface area contributed by atoms with Crippen molar-refractivity contribution in [2.24, 2.45) is 5.73 Å². The molecule has 1 aromatic carbocycles. The van der Waals surface area contributed by atoms with Gasteiger partial charge in [-0.05, 0) is 38.7 Å². The summed E-state index contributed by atoms with van der Waals surface area (Å²) in [6.45, 7) is 2.85. The van der Waals surface area contributed by atoms with Crippen LogP contribution in [0.25, 0.3) is 0 Å². The van der Waals surface area contributed by atoms with Crippen molar-refractivity contribution in [2.75, 3.05) is 21.2 Å². The Morgan fingerprint density at radius 3 is 2.53 bits per heavy atom. The second-order valence-electron chi connectivity index (χ2n) is 4.10. The molecule has 1 rings (SSSR count). The Hall–Kier alpha value is -1.06. The average Bonchev–Trinajstić information content (AvgIpc) is 2.16. The minimum atomic E-state index is 0.0665. The van der Waals surface area contributed by atoms with E-state index in [0.29, 0.717) is 0 Å². The first kappa shape index (κ1) is 12.0. The molecule has 0 fully saturated rings. The van der Waals surface area contributed by atoms with Gasteiger partial charge >= 0.3 is 0 Å². The maximum atomic E-state index is 5.85. The van der Waals surface area contributed by atoms with Gasteiger partial charge in [-0.2, -0.15) is 0 Å². The van der Waals surface area contributed by atoms with Gasteiger partial charge < -0.3 is 15.4 Å². The fourth-order valence-electron chi connectivity index (χ4n) is 1.55. The standard InChI is InChI=1S/C12H20N2O/c1-9(13)10-5-6-12(15-4)11(7-10)8-14(2)3/h5-7,9H,8,13H2,1-4H3. The van der Waals surface area contributed by atoms with Crippen molar-refractivity contribution in [1.29, 1.82) is 0 Å². The summed E-state index contributed by atoms with van der Waals surface area (Å²) in [5, 5.41) is 0. The lowest BCUT2D eigenvalue weighted by molar-refractivity contribution is 0.371. The van der Waals surface area contributed by atoms with Gasteiger partial charge in [0, 0.05) is 18.2 Å². The molecular formula is C12H20N2O. The van der Waals surface area contributed by atoms with Crippen molar-refractivity contribution in [3.05, 3.63) is 29.3 Å². The van der Waals surface area contributed by atoms with E-state index in [0.717, 1.165) is 17.9 Å². The van der Waals surface area contributed by atoms with Crippen LogP contribution in [-0.4, -0.2) is 26.1 Å². The molecule has 0 amide bonds. The number of hydrogen-bond acceptors (Lipinski definition) is 3. The zero-order valence-electron chi connectivity index (χ0n) is 9.95. The van der Waals surface area contributed by atoms with Crippen molar-refractivity contribution in [2.45, 2.75) is 19.5 Å². The summed E-state index contributed by atoms with van der Waals surface area (Å²) in [5.74, 6) is 0.924. The van der Waals surface area contributed by atoms with Crippen LogP contribution in [0.5, 0.6) is 5.75 Å². The van der Waals surface area contributed by atoms with Gasteiger partial charge in [-0.1, -0.05) is 6.07 Å². The minimum Gasteiger partial charge on any atom is -0.496 e. The van der Waals surface area contributed by atoms with Crippen LogP contribution in [0.4, 0.5) is 0 Å². The number of nitrogens with two attached hydrogens (primary N) is 1. The third kappa shape index (κ3) is 3.22. The minimum absolute atomic E-state index is 0.0665. The van der Waals surface area contributed by atoms with Crippen molar-refractivity contribution >= 4 is 0 Å². The number of methoxy groups -OCH3 is 1. The first-order valence-corrected chi connectivity index (χ1v) is 5.11. The SMILES string of the molecule is COc1ccc(C(C)N)cc1CN(C)C. The molecular weight excluding hydrogens is 188 g/mol. The monoisotopic (exact) mass is 208 g/mol. The van der Waals surface area contributed by atoms with Crippen LogP contribution >= 0.6 is 0 Å². The lowest BCUT2D eigenvalue weighted by Crippen LogP contribution is -2.13. The summed E-state index contributed by atoms with van der Waals surface area (Å²) in [4.78, 5) is 2.11. The maximum Gasteiger partial charge on any atom is 0.123 e. The number of rotatable bonds is 4. The summed E-state index contributed by atoms with van der Waals surface area (Å²) < 4.78 is 5.31. The number of benzene rings is 1. The van der Waals surface area contributed by atoms with Gasteiger partial charge in [-0.15, -0.1) is 0 Å². The zero-order valence-corrected chi connectivity index (χ0v) is 9.95. The predicted octanol–water partition coefficient (Wildman–Crippen LogP) is 1.78. The Balaban J connectivity index is 3.02. The van der Waals surface area contributed by atoms with Gasteiger partial charge in [-0.25, -0.2) is 0 Å². The van der Waals surface area contributed by atoms with Crippen molar-refractivity contribution in [1.82, 2.24) is 4.90 Å². The molecule has 0 saturated carbocycles. The highest BCUT2D eigenvalue weighted by molar-refractivity contribution is 5.38. The molecule has 0 heterocycles. The molecule has 2 N–H and O–H groups in total. The van der Waals surface area contributed by atoms with E-state index in [1.165, 1.54) is 5.56 Å². The van der Waals surface area contributed by atoms with E-state index in [-0.39, 0.29) is 6.04 Å². The highest BCUT2D eigenvalue weighted by atomic mass is 16.5. The lowest BCUT2D eigenvalue weighted by Gasteiger charge is -2.16. The van der Waals surface area contributed by atoms with Crippen molar-refractivity contribution in [3.63, 3.8) is 0 Å². The second-order valence-corrected chi connectivity index (χ2v) is 4.10. The maximum absolute atomic E-state index is 5.85. The average molecular weight is 208 g/mol. The van der Waals surface area contributed by atoms with Gasteiger partial charge in [0.1, 0.15) is 5.75 Å². The molecule has 3 heteroatoms. The van der Waals surface area contributed by atoms with Crippen LogP contribution in [0.3, 0.4) is 0 Å². The summed E-state index contributed by atoms with van der Waals surface area (Å²) in [5.41, 5.74) is 8.17. The van der Waals surface area contributed by atoms with E-state index < -0.39 is 0 Å². The Morgan fingerprint density at radius 1 is 1.40 bits per heavy atom. The Labute approximate surface area is 91.8 Å². The third-order valence-corrected chi connectivity index (χ3v) is 2.32. The fraction of sp³-hybridized carbons (Fsp3) is 0.500. The van der Waals surface area contributed by atoms with Gasteiger partial charge in [-0.3, -0.25) is 0 Å². The van der Waals surface area contributed by atoms with Crippen LogP contribution in [0.1, 0.15) is 24.1 Å². The van der Waals surface area contributed by atoms with Gasteiger partial charge in [0.15, 0.2) is 0 Å². The quantitative estimate of drug-likeness (QED) is 0.819. The molecule has 3 nitrogen and oxygen atoms in total. The van der Waals surface area contributed by atoms with Crippen LogP contribution in [-0.2, 0) is 6.54 Å². The molecule has 15 heavy (non-hydrogen) atoms. The van der Waals surface area contributed by atoms with E-state index in [9.17, 15) is 0 Å². The molecule has 0 aliphatic heterocycles. The smallest absolute Gasteiger partial charge is 0.123 e. The lowest BCUT2D eigenvalue weighted by atomic mass is 10.0. The van der Waals surface area contributed by atoms with Gasteiger partial charge in [0.2, 0.25) is 0 Å². The largest absolute Gasteiger partial charge is 0.496 e. The molecule has 0 spiro atoms. The molecule has 0 bridgehead atoms. The molecule has 0 saturated heterocycles. The van der Waals surface area contributed by atoms with Gasteiger partial charge in [0.05, 0.1) is 7.11 Å². The molecule has 1 aromatic rings. The predicted molar refractivity (Wildman–Crippen MR) is 63.0 cm³/mol. The van der Waals surface area contributed by atoms with E-state index in [1.807, 2.05) is 33.2 Å². The molecule has 0 radical (unpaired) electrons. The number of hydrogen-bond donors (Lipinski definition) is 1. The van der Waals surface area contributed by atoms with Crippen molar-refractivity contribution in [3.8, 4) is 5.75 Å². The van der Waals surface area contributed by atoms with E-state index in [2.05, 4.69) is 11.0 Å². The highest BCUT2D eigenvalue weighted by Crippen LogP contribution is 2.23. The molecule has 0 aliphatic rings. The third-order valence-electron chi connectivity index (χ3n) is 2.32. The Kier molecular flexibility index (Phi) is 4.12. The highest BCUT2D eigenvalue weighted by Gasteiger charge is 2.07. The summed E-state index contributed by atoms with van der Waals surface area (Å²) >= 11 is 0. The normalized spacial score (nSPS) is 12.9. The summed E-state index contributed by atoms with van der Waals surface area (Å²) in [6.07, 6.45) is 0. The molecule has 0 aliphatic carbocycles. The molecule has 84 valence electrons. The fourth-order valence-corrected chi connectivity index (χ4v) is 1.55. The number of ether oxygens (including phenoxy) is 1. The molecule has 1 atom stereocenters. The first-order chi connectivity index (χ1) is 7.04. The van der Waals surface area contributed by atoms with Gasteiger partial charge in [0.25, 0.3) is 0 Å². The Morgan fingerprint density at radius 2 is 2.07 bits per heavy atom. The molecule has 1 unspecified atom stereocenters. The van der Waals surface area contributed by atoms with Crippen LogP contribution < -0.4 is 10.5 Å². The molecule has 0 aromatic heterocycles. The van der Waals surface area contributed by atoms with Crippen LogP contribution in [0.2, 0.25) is 0 Å². The Bertz CT molecular complexity index is 321. The van der Waals surface area contributed by atoms with E-state index >= 15 is 0 Å². The van der Waals surface area contributed by atoms with E-state index in [4.69, 9.17) is 10.5 Å². The summed E-state index contributed by atoms with van der Waals surface area (Å²) in [6, 6.07) is 6.18. The first-order valence-electron chi connectivity index (χ1n) is 5.11. The number of nitrogens with zero attached hydrogens (tertiary/aromatic N) is 1.